The van der Waals surface area contributed by atoms with Crippen LogP contribution in [0.15, 0.2) is 47.1 Å². The summed E-state index contributed by atoms with van der Waals surface area (Å²) in [5.74, 6) is -0.475. The first-order valence-corrected chi connectivity index (χ1v) is 10.6. The molecule has 1 aliphatic carbocycles. The molecular formula is C18H21ClN4O3S. The SMILES string of the molecule is O=C(NCCC1=CCCCC1)c1cn[nH]c1S(=O)(=O)Nc1ccc(Cl)cc1. The molecule has 7 nitrogen and oxygen atoms in total. The number of anilines is 1. The molecule has 0 atom stereocenters. The topological polar surface area (TPSA) is 104 Å². The molecule has 0 bridgehead atoms. The summed E-state index contributed by atoms with van der Waals surface area (Å²) in [6.45, 7) is 0.458. The monoisotopic (exact) mass is 408 g/mol. The van der Waals surface area contributed by atoms with Gasteiger partial charge in [0.2, 0.25) is 0 Å². The largest absolute Gasteiger partial charge is 0.352 e. The molecule has 1 aromatic heterocycles. The Balaban J connectivity index is 1.65. The average molecular weight is 409 g/mol. The van der Waals surface area contributed by atoms with Crippen LogP contribution in [0.4, 0.5) is 5.69 Å². The predicted molar refractivity (Wildman–Crippen MR) is 104 cm³/mol. The summed E-state index contributed by atoms with van der Waals surface area (Å²) in [5, 5.41) is 9.11. The lowest BCUT2D eigenvalue weighted by Gasteiger charge is -2.13. The fourth-order valence-corrected chi connectivity index (χ4v) is 4.21. The molecule has 0 saturated carbocycles. The molecule has 2 aromatic rings. The third kappa shape index (κ3) is 5.11. The van der Waals surface area contributed by atoms with E-state index in [4.69, 9.17) is 11.6 Å². The molecule has 27 heavy (non-hydrogen) atoms. The molecule has 144 valence electrons. The van der Waals surface area contributed by atoms with Gasteiger partial charge in [0.1, 0.15) is 0 Å². The molecule has 0 spiro atoms. The smallest absolute Gasteiger partial charge is 0.279 e. The summed E-state index contributed by atoms with van der Waals surface area (Å²) in [4.78, 5) is 12.4. The van der Waals surface area contributed by atoms with Crippen LogP contribution in [0.2, 0.25) is 5.02 Å². The number of aromatic nitrogens is 2. The molecule has 0 fully saturated rings. The standard InChI is InChI=1S/C18H21ClN4O3S/c19-14-6-8-15(9-7-14)23-27(25,26)18-16(12-21-22-18)17(24)20-11-10-13-4-2-1-3-5-13/h4,6-9,12,23H,1-3,5,10-11H2,(H,20,24)(H,21,22). The number of hydrogen-bond acceptors (Lipinski definition) is 4. The maximum absolute atomic E-state index is 12.6. The number of nitrogens with zero attached hydrogens (tertiary/aromatic N) is 1. The van der Waals surface area contributed by atoms with Crippen LogP contribution in [-0.2, 0) is 10.0 Å². The van der Waals surface area contributed by atoms with E-state index in [-0.39, 0.29) is 10.6 Å². The molecule has 3 rings (SSSR count). The number of amides is 1. The molecule has 1 aromatic carbocycles. The maximum atomic E-state index is 12.6. The quantitative estimate of drug-likeness (QED) is 0.610. The van der Waals surface area contributed by atoms with Crippen LogP contribution in [0.3, 0.4) is 0 Å². The highest BCUT2D eigenvalue weighted by Gasteiger charge is 2.25. The van der Waals surface area contributed by atoms with E-state index in [1.54, 1.807) is 12.1 Å². The number of rotatable bonds is 7. The number of allylic oxidation sites excluding steroid dienone is 1. The van der Waals surface area contributed by atoms with Crippen molar-refractivity contribution in [2.24, 2.45) is 0 Å². The highest BCUT2D eigenvalue weighted by molar-refractivity contribution is 7.92. The van der Waals surface area contributed by atoms with Gasteiger partial charge in [-0.25, -0.2) is 0 Å². The van der Waals surface area contributed by atoms with Crippen LogP contribution >= 0.6 is 11.6 Å². The third-order valence-electron chi connectivity index (χ3n) is 4.33. The van der Waals surface area contributed by atoms with Gasteiger partial charge in [0.05, 0.1) is 11.8 Å². The van der Waals surface area contributed by atoms with Crippen LogP contribution in [-0.4, -0.2) is 31.1 Å². The lowest BCUT2D eigenvalue weighted by molar-refractivity contribution is 0.0950. The van der Waals surface area contributed by atoms with Gasteiger partial charge >= 0.3 is 0 Å². The first-order valence-electron chi connectivity index (χ1n) is 8.73. The number of benzene rings is 1. The first-order chi connectivity index (χ1) is 13.0. The number of H-pyrrole nitrogens is 1. The molecule has 1 heterocycles. The molecule has 0 aliphatic heterocycles. The maximum Gasteiger partial charge on any atom is 0.279 e. The lowest BCUT2D eigenvalue weighted by Crippen LogP contribution is -2.27. The van der Waals surface area contributed by atoms with Crippen molar-refractivity contribution in [3.05, 3.63) is 52.7 Å². The number of aromatic amines is 1. The van der Waals surface area contributed by atoms with Crippen molar-refractivity contribution >= 4 is 33.2 Å². The van der Waals surface area contributed by atoms with Crippen molar-refractivity contribution < 1.29 is 13.2 Å². The van der Waals surface area contributed by atoms with Crippen molar-refractivity contribution in [1.82, 2.24) is 15.5 Å². The van der Waals surface area contributed by atoms with E-state index in [1.165, 1.54) is 36.7 Å². The van der Waals surface area contributed by atoms with E-state index in [0.717, 1.165) is 19.3 Å². The zero-order valence-corrected chi connectivity index (χ0v) is 16.2. The Hall–Kier alpha value is -2.32. The van der Waals surface area contributed by atoms with E-state index in [2.05, 4.69) is 26.3 Å². The van der Waals surface area contributed by atoms with E-state index < -0.39 is 15.9 Å². The summed E-state index contributed by atoms with van der Waals surface area (Å²) in [5.41, 5.74) is 1.66. The van der Waals surface area contributed by atoms with E-state index in [9.17, 15) is 13.2 Å². The summed E-state index contributed by atoms with van der Waals surface area (Å²) in [6, 6.07) is 6.21. The minimum atomic E-state index is -3.99. The van der Waals surface area contributed by atoms with Crippen molar-refractivity contribution in [2.75, 3.05) is 11.3 Å². The number of carbonyl (C=O) groups is 1. The second-order valence-corrected chi connectivity index (χ2v) is 8.39. The molecule has 1 amide bonds. The van der Waals surface area contributed by atoms with E-state index in [0.29, 0.717) is 17.3 Å². The zero-order chi connectivity index (χ0) is 19.3. The number of halogens is 1. The summed E-state index contributed by atoms with van der Waals surface area (Å²) < 4.78 is 27.6. The van der Waals surface area contributed by atoms with E-state index >= 15 is 0 Å². The Morgan fingerprint density at radius 2 is 2.00 bits per heavy atom. The van der Waals surface area contributed by atoms with Crippen LogP contribution in [0, 0.1) is 0 Å². The van der Waals surface area contributed by atoms with Crippen molar-refractivity contribution in [3.63, 3.8) is 0 Å². The van der Waals surface area contributed by atoms with Crippen LogP contribution in [0.25, 0.3) is 0 Å². The first kappa shape index (κ1) is 19.4. The molecule has 0 radical (unpaired) electrons. The number of carbonyl (C=O) groups excluding carboxylic acids is 1. The average Bonchev–Trinajstić information content (AvgIpc) is 3.15. The lowest BCUT2D eigenvalue weighted by atomic mass is 9.97. The van der Waals surface area contributed by atoms with Gasteiger partial charge in [-0.3, -0.25) is 14.6 Å². The van der Waals surface area contributed by atoms with Crippen molar-refractivity contribution in [1.29, 1.82) is 0 Å². The number of hydrogen-bond donors (Lipinski definition) is 3. The van der Waals surface area contributed by atoms with Crippen molar-refractivity contribution in [3.8, 4) is 0 Å². The third-order valence-corrected chi connectivity index (χ3v) is 5.94. The highest BCUT2D eigenvalue weighted by Crippen LogP contribution is 2.21. The Morgan fingerprint density at radius 1 is 1.22 bits per heavy atom. The Bertz CT molecular complexity index is 936. The van der Waals surface area contributed by atoms with Gasteiger partial charge in [-0.1, -0.05) is 23.3 Å². The zero-order valence-electron chi connectivity index (χ0n) is 14.7. The van der Waals surface area contributed by atoms with Gasteiger partial charge in [-0.15, -0.1) is 0 Å². The van der Waals surface area contributed by atoms with Crippen LogP contribution in [0.1, 0.15) is 42.5 Å². The second kappa shape index (κ2) is 8.58. The normalized spacial score (nSPS) is 14.5. The van der Waals surface area contributed by atoms with Gasteiger partial charge in [0, 0.05) is 17.3 Å². The van der Waals surface area contributed by atoms with Crippen molar-refractivity contribution in [2.45, 2.75) is 37.1 Å². The highest BCUT2D eigenvalue weighted by atomic mass is 35.5. The summed E-state index contributed by atoms with van der Waals surface area (Å²) >= 11 is 5.80. The Labute approximate surface area is 163 Å². The van der Waals surface area contributed by atoms with Gasteiger partial charge < -0.3 is 5.32 Å². The van der Waals surface area contributed by atoms with Crippen LogP contribution < -0.4 is 10.0 Å². The van der Waals surface area contributed by atoms with Crippen LogP contribution in [0.5, 0.6) is 0 Å². The fourth-order valence-electron chi connectivity index (χ4n) is 2.93. The Morgan fingerprint density at radius 3 is 2.70 bits per heavy atom. The van der Waals surface area contributed by atoms with Gasteiger partial charge in [0.25, 0.3) is 15.9 Å². The Kier molecular flexibility index (Phi) is 6.18. The summed E-state index contributed by atoms with van der Waals surface area (Å²) in [6.07, 6.45) is 8.75. The van der Waals surface area contributed by atoms with E-state index in [1.807, 2.05) is 0 Å². The predicted octanol–water partition coefficient (Wildman–Crippen LogP) is 3.48. The van der Waals surface area contributed by atoms with Gasteiger partial charge in [0.15, 0.2) is 5.03 Å². The minimum absolute atomic E-state index is 0.0194. The molecular weight excluding hydrogens is 388 g/mol. The molecule has 3 N–H and O–H groups in total. The molecule has 0 unspecified atom stereocenters. The van der Waals surface area contributed by atoms with Gasteiger partial charge in [-0.05, 0) is 56.4 Å². The van der Waals surface area contributed by atoms with Gasteiger partial charge in [-0.2, -0.15) is 13.5 Å². The second-order valence-electron chi connectivity index (χ2n) is 6.34. The number of sulfonamides is 1. The molecule has 9 heteroatoms. The molecule has 0 saturated heterocycles. The molecule has 1 aliphatic rings. The minimum Gasteiger partial charge on any atom is -0.352 e. The number of nitrogens with one attached hydrogen (secondary N) is 3. The summed E-state index contributed by atoms with van der Waals surface area (Å²) in [7, 11) is -3.99. The fraction of sp³-hybridized carbons (Fsp3) is 0.333.